The fraction of sp³-hybridized carbons (Fsp3) is 0.261. The number of urea groups is 1. The third-order valence-electron chi connectivity index (χ3n) is 4.56. The van der Waals surface area contributed by atoms with Crippen molar-refractivity contribution in [3.05, 3.63) is 71.8 Å². The van der Waals surface area contributed by atoms with Crippen LogP contribution in [0.5, 0.6) is 11.5 Å². The van der Waals surface area contributed by atoms with Crippen molar-refractivity contribution in [3.8, 4) is 11.5 Å². The summed E-state index contributed by atoms with van der Waals surface area (Å²) in [5.74, 6) is 1.68. The summed E-state index contributed by atoms with van der Waals surface area (Å²) in [6.07, 6.45) is 0. The van der Waals surface area contributed by atoms with Crippen molar-refractivity contribution in [2.75, 3.05) is 20.8 Å². The van der Waals surface area contributed by atoms with E-state index in [9.17, 15) is 4.79 Å². The first-order chi connectivity index (χ1) is 13.6. The van der Waals surface area contributed by atoms with Crippen molar-refractivity contribution >= 4 is 16.8 Å². The number of benzene rings is 3. The highest BCUT2D eigenvalue weighted by atomic mass is 16.5. The number of nitrogens with zero attached hydrogens (tertiary/aromatic N) is 1. The van der Waals surface area contributed by atoms with E-state index in [-0.39, 0.29) is 6.03 Å². The maximum absolute atomic E-state index is 12.4. The Morgan fingerprint density at radius 1 is 0.929 bits per heavy atom. The lowest BCUT2D eigenvalue weighted by Gasteiger charge is -2.18. The molecule has 0 bridgehead atoms. The number of nitrogens with one attached hydrogen (secondary N) is 1. The molecule has 0 aliphatic carbocycles. The number of hydrogen-bond donors (Lipinski definition) is 1. The number of amides is 2. The van der Waals surface area contributed by atoms with Gasteiger partial charge in [-0.3, -0.25) is 0 Å². The standard InChI is InChI=1S/C23H26N2O3/c1-4-28-21-10-6-17(7-11-21)16-25(2)23(26)24-15-18-5-8-20-14-22(27-3)12-9-19(20)13-18/h5-14H,4,15-16H2,1-3H3,(H,24,26). The number of hydrogen-bond acceptors (Lipinski definition) is 3. The number of ether oxygens (including phenoxy) is 2. The van der Waals surface area contributed by atoms with Crippen molar-refractivity contribution in [3.63, 3.8) is 0 Å². The van der Waals surface area contributed by atoms with Gasteiger partial charge in [0.25, 0.3) is 0 Å². The maximum Gasteiger partial charge on any atom is 0.317 e. The van der Waals surface area contributed by atoms with Gasteiger partial charge < -0.3 is 19.7 Å². The molecule has 0 atom stereocenters. The Bertz CT molecular complexity index is 938. The van der Waals surface area contributed by atoms with E-state index in [1.54, 1.807) is 19.1 Å². The molecule has 0 heterocycles. The van der Waals surface area contributed by atoms with E-state index in [1.807, 2.05) is 61.5 Å². The van der Waals surface area contributed by atoms with E-state index in [0.29, 0.717) is 19.7 Å². The normalized spacial score (nSPS) is 10.5. The molecule has 0 saturated heterocycles. The molecule has 0 fully saturated rings. The van der Waals surface area contributed by atoms with Crippen molar-refractivity contribution in [2.24, 2.45) is 0 Å². The Morgan fingerprint density at radius 3 is 2.29 bits per heavy atom. The van der Waals surface area contributed by atoms with Crippen molar-refractivity contribution in [2.45, 2.75) is 20.0 Å². The van der Waals surface area contributed by atoms with E-state index in [2.05, 4.69) is 11.4 Å². The second-order valence-corrected chi connectivity index (χ2v) is 6.64. The Kier molecular flexibility index (Phi) is 6.37. The molecule has 3 aromatic rings. The monoisotopic (exact) mass is 378 g/mol. The molecule has 0 unspecified atom stereocenters. The van der Waals surface area contributed by atoms with Crippen LogP contribution in [0.4, 0.5) is 4.79 Å². The molecule has 3 aromatic carbocycles. The van der Waals surface area contributed by atoms with Crippen LogP contribution >= 0.6 is 0 Å². The van der Waals surface area contributed by atoms with Gasteiger partial charge in [-0.1, -0.05) is 30.3 Å². The summed E-state index contributed by atoms with van der Waals surface area (Å²) in [4.78, 5) is 14.1. The van der Waals surface area contributed by atoms with Crippen LogP contribution in [0.3, 0.4) is 0 Å². The molecule has 1 N–H and O–H groups in total. The summed E-state index contributed by atoms with van der Waals surface area (Å²) in [5.41, 5.74) is 2.11. The van der Waals surface area contributed by atoms with E-state index < -0.39 is 0 Å². The number of carbonyl (C=O) groups is 1. The maximum atomic E-state index is 12.4. The summed E-state index contributed by atoms with van der Waals surface area (Å²) in [6.45, 7) is 3.62. The molecular weight excluding hydrogens is 352 g/mol. The predicted molar refractivity (Wildman–Crippen MR) is 112 cm³/mol. The second kappa shape index (κ2) is 9.13. The zero-order valence-electron chi connectivity index (χ0n) is 16.6. The van der Waals surface area contributed by atoms with Crippen LogP contribution < -0.4 is 14.8 Å². The summed E-state index contributed by atoms with van der Waals surface area (Å²) >= 11 is 0. The van der Waals surface area contributed by atoms with E-state index in [1.165, 1.54) is 0 Å². The minimum Gasteiger partial charge on any atom is -0.497 e. The first kappa shape index (κ1) is 19.5. The van der Waals surface area contributed by atoms with Crippen molar-refractivity contribution in [1.29, 1.82) is 0 Å². The van der Waals surface area contributed by atoms with Crippen LogP contribution in [-0.4, -0.2) is 31.7 Å². The third-order valence-corrected chi connectivity index (χ3v) is 4.56. The van der Waals surface area contributed by atoms with Gasteiger partial charge in [-0.05, 0) is 59.2 Å². The number of rotatable bonds is 7. The van der Waals surface area contributed by atoms with Crippen molar-refractivity contribution < 1.29 is 14.3 Å². The largest absolute Gasteiger partial charge is 0.497 e. The molecule has 0 aliphatic rings. The predicted octanol–water partition coefficient (Wildman–Crippen LogP) is 4.59. The quantitative estimate of drug-likeness (QED) is 0.654. The average Bonchev–Trinajstić information content (AvgIpc) is 2.73. The van der Waals surface area contributed by atoms with Crippen LogP contribution in [0, 0.1) is 0 Å². The van der Waals surface area contributed by atoms with Crippen LogP contribution in [0.25, 0.3) is 10.8 Å². The minimum atomic E-state index is -0.108. The summed E-state index contributed by atoms with van der Waals surface area (Å²) < 4.78 is 10.7. The first-order valence-electron chi connectivity index (χ1n) is 9.36. The minimum absolute atomic E-state index is 0.108. The Balaban J connectivity index is 1.56. The summed E-state index contributed by atoms with van der Waals surface area (Å²) in [6, 6.07) is 19.8. The van der Waals surface area contributed by atoms with Gasteiger partial charge in [-0.15, -0.1) is 0 Å². The molecule has 28 heavy (non-hydrogen) atoms. The Morgan fingerprint density at radius 2 is 1.57 bits per heavy atom. The van der Waals surface area contributed by atoms with Crippen molar-refractivity contribution in [1.82, 2.24) is 10.2 Å². The number of methoxy groups -OCH3 is 1. The Hall–Kier alpha value is -3.21. The zero-order chi connectivity index (χ0) is 19.9. The zero-order valence-corrected chi connectivity index (χ0v) is 16.6. The van der Waals surface area contributed by atoms with Gasteiger partial charge in [0.05, 0.1) is 13.7 Å². The van der Waals surface area contributed by atoms with Gasteiger partial charge in [0.15, 0.2) is 0 Å². The van der Waals surface area contributed by atoms with E-state index in [4.69, 9.17) is 9.47 Å². The SMILES string of the molecule is CCOc1ccc(CN(C)C(=O)NCc2ccc3cc(OC)ccc3c2)cc1. The summed E-state index contributed by atoms with van der Waals surface area (Å²) in [7, 11) is 3.45. The topological polar surface area (TPSA) is 50.8 Å². The first-order valence-corrected chi connectivity index (χ1v) is 9.36. The van der Waals surface area contributed by atoms with Crippen LogP contribution in [0.1, 0.15) is 18.1 Å². The van der Waals surface area contributed by atoms with Gasteiger partial charge in [-0.2, -0.15) is 0 Å². The van der Waals surface area contributed by atoms with E-state index >= 15 is 0 Å². The molecule has 146 valence electrons. The highest BCUT2D eigenvalue weighted by Crippen LogP contribution is 2.22. The molecule has 0 saturated carbocycles. The highest BCUT2D eigenvalue weighted by Gasteiger charge is 2.09. The molecule has 0 aromatic heterocycles. The molecule has 2 amide bonds. The molecular formula is C23H26N2O3. The summed E-state index contributed by atoms with van der Waals surface area (Å²) in [5, 5.41) is 5.21. The van der Waals surface area contributed by atoms with Gasteiger partial charge >= 0.3 is 6.03 Å². The molecule has 5 nitrogen and oxygen atoms in total. The second-order valence-electron chi connectivity index (χ2n) is 6.64. The fourth-order valence-corrected chi connectivity index (χ4v) is 3.03. The average molecular weight is 378 g/mol. The number of fused-ring (bicyclic) bond motifs is 1. The number of carbonyl (C=O) groups excluding carboxylic acids is 1. The van der Waals surface area contributed by atoms with Crippen LogP contribution in [0.15, 0.2) is 60.7 Å². The third kappa shape index (κ3) is 4.94. The smallest absolute Gasteiger partial charge is 0.317 e. The molecule has 5 heteroatoms. The van der Waals surface area contributed by atoms with Gasteiger partial charge in [-0.25, -0.2) is 4.79 Å². The lowest BCUT2D eigenvalue weighted by atomic mass is 10.1. The fourth-order valence-electron chi connectivity index (χ4n) is 3.03. The molecule has 3 rings (SSSR count). The lowest BCUT2D eigenvalue weighted by Crippen LogP contribution is -2.36. The van der Waals surface area contributed by atoms with Gasteiger partial charge in [0.1, 0.15) is 11.5 Å². The lowest BCUT2D eigenvalue weighted by molar-refractivity contribution is 0.206. The molecule has 0 radical (unpaired) electrons. The Labute approximate surface area is 165 Å². The van der Waals surface area contributed by atoms with Gasteiger partial charge in [0.2, 0.25) is 0 Å². The molecule has 0 spiro atoms. The van der Waals surface area contributed by atoms with E-state index in [0.717, 1.165) is 33.4 Å². The van der Waals surface area contributed by atoms with Crippen LogP contribution in [-0.2, 0) is 13.1 Å². The van der Waals surface area contributed by atoms with Crippen LogP contribution in [0.2, 0.25) is 0 Å². The highest BCUT2D eigenvalue weighted by molar-refractivity contribution is 5.84. The molecule has 0 aliphatic heterocycles. The van der Waals surface area contributed by atoms with Gasteiger partial charge in [0, 0.05) is 20.1 Å².